The van der Waals surface area contributed by atoms with E-state index in [9.17, 15) is 5.11 Å². The van der Waals surface area contributed by atoms with E-state index in [0.717, 1.165) is 31.8 Å². The van der Waals surface area contributed by atoms with Crippen LogP contribution in [-0.2, 0) is 0 Å². The van der Waals surface area contributed by atoms with E-state index < -0.39 is 0 Å². The Labute approximate surface area is 80.2 Å². The maximum absolute atomic E-state index is 9.70. The van der Waals surface area contributed by atoms with E-state index in [-0.39, 0.29) is 6.10 Å². The van der Waals surface area contributed by atoms with E-state index in [0.29, 0.717) is 5.92 Å². The molecule has 0 bridgehead atoms. The Morgan fingerprint density at radius 3 is 2.92 bits per heavy atom. The van der Waals surface area contributed by atoms with Crippen molar-refractivity contribution in [2.75, 3.05) is 19.6 Å². The van der Waals surface area contributed by atoms with Crippen LogP contribution in [0.15, 0.2) is 12.7 Å². The van der Waals surface area contributed by atoms with Gasteiger partial charge in [0.1, 0.15) is 0 Å². The summed E-state index contributed by atoms with van der Waals surface area (Å²) >= 11 is 0. The molecule has 1 heterocycles. The molecule has 0 amide bonds. The standard InChI is InChI=1S/C11H19NO/c1-2-3-6-12-7-9-4-5-11(13)10(9)8-12/h2,9-11,13H,1,3-8H2. The van der Waals surface area contributed by atoms with Gasteiger partial charge in [-0.2, -0.15) is 0 Å². The Hall–Kier alpha value is -0.340. The van der Waals surface area contributed by atoms with Crippen LogP contribution >= 0.6 is 0 Å². The van der Waals surface area contributed by atoms with Gasteiger partial charge in [0.15, 0.2) is 0 Å². The van der Waals surface area contributed by atoms with Crippen LogP contribution in [0.4, 0.5) is 0 Å². The van der Waals surface area contributed by atoms with E-state index in [1.54, 1.807) is 0 Å². The van der Waals surface area contributed by atoms with Gasteiger partial charge in [0.05, 0.1) is 6.10 Å². The van der Waals surface area contributed by atoms with Crippen molar-refractivity contribution in [1.82, 2.24) is 4.90 Å². The Bertz CT molecular complexity index is 193. The number of aliphatic hydroxyl groups excluding tert-OH is 1. The minimum atomic E-state index is -0.0151. The summed E-state index contributed by atoms with van der Waals surface area (Å²) in [6.07, 6.45) is 5.31. The van der Waals surface area contributed by atoms with Crippen molar-refractivity contribution in [1.29, 1.82) is 0 Å². The molecule has 0 radical (unpaired) electrons. The number of hydrogen-bond donors (Lipinski definition) is 1. The third-order valence-electron chi connectivity index (χ3n) is 3.54. The number of aliphatic hydroxyl groups is 1. The Balaban J connectivity index is 1.84. The third-order valence-corrected chi connectivity index (χ3v) is 3.54. The number of fused-ring (bicyclic) bond motifs is 1. The average Bonchev–Trinajstić information content (AvgIpc) is 2.65. The first-order chi connectivity index (χ1) is 6.31. The molecule has 0 aromatic heterocycles. The Morgan fingerprint density at radius 2 is 2.23 bits per heavy atom. The van der Waals surface area contributed by atoms with Crippen LogP contribution < -0.4 is 0 Å². The molecule has 2 aliphatic rings. The summed E-state index contributed by atoms with van der Waals surface area (Å²) in [5.74, 6) is 1.35. The molecule has 1 aliphatic carbocycles. The van der Waals surface area contributed by atoms with E-state index in [4.69, 9.17) is 0 Å². The highest BCUT2D eigenvalue weighted by atomic mass is 16.3. The quantitative estimate of drug-likeness (QED) is 0.663. The molecule has 2 heteroatoms. The van der Waals surface area contributed by atoms with Gasteiger partial charge in [0, 0.05) is 25.6 Å². The van der Waals surface area contributed by atoms with Gasteiger partial charge in [-0.3, -0.25) is 0 Å². The van der Waals surface area contributed by atoms with E-state index in [2.05, 4.69) is 11.5 Å². The van der Waals surface area contributed by atoms with Crippen molar-refractivity contribution in [3.8, 4) is 0 Å². The summed E-state index contributed by atoms with van der Waals surface area (Å²) in [4.78, 5) is 2.47. The van der Waals surface area contributed by atoms with Gasteiger partial charge >= 0.3 is 0 Å². The second kappa shape index (κ2) is 3.81. The van der Waals surface area contributed by atoms with E-state index >= 15 is 0 Å². The molecule has 1 N–H and O–H groups in total. The zero-order chi connectivity index (χ0) is 9.26. The normalized spacial score (nSPS) is 39.3. The van der Waals surface area contributed by atoms with Crippen LogP contribution in [0.1, 0.15) is 19.3 Å². The number of nitrogens with zero attached hydrogens (tertiary/aromatic N) is 1. The number of likely N-dealkylation sites (tertiary alicyclic amines) is 1. The van der Waals surface area contributed by atoms with Crippen LogP contribution in [0.2, 0.25) is 0 Å². The molecule has 0 spiro atoms. The molecule has 2 rings (SSSR count). The van der Waals surface area contributed by atoms with Gasteiger partial charge < -0.3 is 10.0 Å². The summed E-state index contributed by atoms with van der Waals surface area (Å²) < 4.78 is 0. The summed E-state index contributed by atoms with van der Waals surface area (Å²) in [6.45, 7) is 7.18. The van der Waals surface area contributed by atoms with Gasteiger partial charge in [-0.05, 0) is 25.2 Å². The molecular weight excluding hydrogens is 162 g/mol. The van der Waals surface area contributed by atoms with Crippen LogP contribution in [-0.4, -0.2) is 35.7 Å². The van der Waals surface area contributed by atoms with Crippen molar-refractivity contribution in [2.24, 2.45) is 11.8 Å². The zero-order valence-corrected chi connectivity index (χ0v) is 8.15. The van der Waals surface area contributed by atoms with Gasteiger partial charge in [0.2, 0.25) is 0 Å². The van der Waals surface area contributed by atoms with Crippen molar-refractivity contribution in [3.05, 3.63) is 12.7 Å². The average molecular weight is 181 g/mol. The van der Waals surface area contributed by atoms with Crippen LogP contribution in [0.3, 0.4) is 0 Å². The monoisotopic (exact) mass is 181 g/mol. The van der Waals surface area contributed by atoms with Crippen molar-refractivity contribution >= 4 is 0 Å². The molecule has 13 heavy (non-hydrogen) atoms. The van der Waals surface area contributed by atoms with Crippen molar-refractivity contribution in [3.63, 3.8) is 0 Å². The van der Waals surface area contributed by atoms with Crippen molar-refractivity contribution < 1.29 is 5.11 Å². The molecular formula is C11H19NO. The minimum Gasteiger partial charge on any atom is -0.393 e. The summed E-state index contributed by atoms with van der Waals surface area (Å²) in [5, 5.41) is 9.70. The first-order valence-corrected chi connectivity index (χ1v) is 5.32. The minimum absolute atomic E-state index is 0.0151. The highest BCUT2D eigenvalue weighted by molar-refractivity contribution is 4.93. The first-order valence-electron chi connectivity index (χ1n) is 5.32. The lowest BCUT2D eigenvalue weighted by atomic mass is 10.00. The smallest absolute Gasteiger partial charge is 0.0583 e. The lowest BCUT2D eigenvalue weighted by Gasteiger charge is -2.16. The SMILES string of the molecule is C=CCCN1CC2CCC(O)C2C1. The predicted octanol–water partition coefficient (Wildman–Crippen LogP) is 1.27. The molecule has 2 fully saturated rings. The Kier molecular flexibility index (Phi) is 2.70. The highest BCUT2D eigenvalue weighted by Crippen LogP contribution is 2.37. The molecule has 2 nitrogen and oxygen atoms in total. The predicted molar refractivity (Wildman–Crippen MR) is 53.5 cm³/mol. The number of rotatable bonds is 3. The fourth-order valence-corrected chi connectivity index (χ4v) is 2.79. The lowest BCUT2D eigenvalue weighted by Crippen LogP contribution is -2.25. The summed E-state index contributed by atoms with van der Waals surface area (Å²) in [6, 6.07) is 0. The van der Waals surface area contributed by atoms with Gasteiger partial charge in [-0.1, -0.05) is 6.08 Å². The van der Waals surface area contributed by atoms with Crippen LogP contribution in [0.5, 0.6) is 0 Å². The zero-order valence-electron chi connectivity index (χ0n) is 8.15. The second-order valence-electron chi connectivity index (χ2n) is 4.41. The maximum atomic E-state index is 9.70. The first kappa shape index (κ1) is 9.22. The molecule has 74 valence electrons. The molecule has 0 aromatic carbocycles. The molecule has 3 atom stereocenters. The lowest BCUT2D eigenvalue weighted by molar-refractivity contribution is 0.124. The van der Waals surface area contributed by atoms with Gasteiger partial charge in [-0.15, -0.1) is 6.58 Å². The van der Waals surface area contributed by atoms with Crippen LogP contribution in [0, 0.1) is 11.8 Å². The number of hydrogen-bond acceptors (Lipinski definition) is 2. The van der Waals surface area contributed by atoms with E-state index in [1.165, 1.54) is 13.0 Å². The largest absolute Gasteiger partial charge is 0.393 e. The fraction of sp³-hybridized carbons (Fsp3) is 0.818. The maximum Gasteiger partial charge on any atom is 0.0583 e. The fourth-order valence-electron chi connectivity index (χ4n) is 2.79. The van der Waals surface area contributed by atoms with Crippen LogP contribution in [0.25, 0.3) is 0 Å². The third kappa shape index (κ3) is 1.79. The summed E-state index contributed by atoms with van der Waals surface area (Å²) in [5.41, 5.74) is 0. The summed E-state index contributed by atoms with van der Waals surface area (Å²) in [7, 11) is 0. The molecule has 1 saturated heterocycles. The molecule has 0 aromatic rings. The molecule has 1 saturated carbocycles. The van der Waals surface area contributed by atoms with Crippen molar-refractivity contribution in [2.45, 2.75) is 25.4 Å². The van der Waals surface area contributed by atoms with Gasteiger partial charge in [0.25, 0.3) is 0 Å². The molecule has 1 aliphatic heterocycles. The van der Waals surface area contributed by atoms with Gasteiger partial charge in [-0.25, -0.2) is 0 Å². The second-order valence-corrected chi connectivity index (χ2v) is 4.41. The highest BCUT2D eigenvalue weighted by Gasteiger charge is 2.41. The topological polar surface area (TPSA) is 23.5 Å². The Morgan fingerprint density at radius 1 is 1.38 bits per heavy atom. The van der Waals surface area contributed by atoms with E-state index in [1.807, 2.05) is 6.08 Å². The molecule has 3 unspecified atom stereocenters.